The lowest BCUT2D eigenvalue weighted by atomic mass is 9.66. The molecular weight excluding hydrogens is 300 g/mol. The first-order valence-electron chi connectivity index (χ1n) is 4.80. The molecule has 116 valence electrons. The second-order valence-electron chi connectivity index (χ2n) is 3.70. The van der Waals surface area contributed by atoms with Gasteiger partial charge in [-0.2, -0.15) is 0 Å². The minimum atomic E-state index is -4.14. The first-order valence-corrected chi connectivity index (χ1v) is 4.80. The molecule has 0 unspecified atom stereocenters. The number of carboxylic acids is 6. The SMILES string of the molecule is O=C(O)C(C(=O)O)C(C(=O)O)(C(=O)O)C(C(=O)O)C(=O)O. The highest BCUT2D eigenvalue weighted by molar-refractivity contribution is 6.16. The molecule has 0 saturated heterocycles. The Morgan fingerprint density at radius 3 is 0.810 bits per heavy atom. The monoisotopic (exact) mass is 308 g/mol. The van der Waals surface area contributed by atoms with Gasteiger partial charge in [-0.05, 0) is 0 Å². The van der Waals surface area contributed by atoms with Crippen LogP contribution >= 0.6 is 0 Å². The third-order valence-electron chi connectivity index (χ3n) is 2.61. The van der Waals surface area contributed by atoms with Gasteiger partial charge < -0.3 is 30.6 Å². The predicted octanol–water partition coefficient (Wildman–Crippen LogP) is -2.29. The first kappa shape index (κ1) is 17.8. The molecule has 0 aliphatic carbocycles. The van der Waals surface area contributed by atoms with Crippen molar-refractivity contribution in [3.8, 4) is 0 Å². The van der Waals surface area contributed by atoms with Crippen molar-refractivity contribution in [1.82, 2.24) is 0 Å². The summed E-state index contributed by atoms with van der Waals surface area (Å²) in [5.41, 5.74) is -4.14. The van der Waals surface area contributed by atoms with Crippen LogP contribution in [0.2, 0.25) is 0 Å². The lowest BCUT2D eigenvalue weighted by Crippen LogP contribution is -2.60. The van der Waals surface area contributed by atoms with Gasteiger partial charge in [0.1, 0.15) is 0 Å². The smallest absolute Gasteiger partial charge is 0.324 e. The van der Waals surface area contributed by atoms with Gasteiger partial charge in [0.05, 0.1) is 0 Å². The van der Waals surface area contributed by atoms with E-state index in [0.29, 0.717) is 0 Å². The average Bonchev–Trinajstić information content (AvgIpc) is 2.24. The van der Waals surface area contributed by atoms with E-state index in [1.807, 2.05) is 0 Å². The van der Waals surface area contributed by atoms with Gasteiger partial charge >= 0.3 is 35.8 Å². The highest BCUT2D eigenvalue weighted by Gasteiger charge is 2.69. The van der Waals surface area contributed by atoms with Crippen LogP contribution in [0.1, 0.15) is 0 Å². The lowest BCUT2D eigenvalue weighted by Gasteiger charge is -2.30. The zero-order valence-electron chi connectivity index (χ0n) is 9.79. The van der Waals surface area contributed by atoms with Crippen molar-refractivity contribution in [2.45, 2.75) is 0 Å². The van der Waals surface area contributed by atoms with E-state index in [2.05, 4.69) is 0 Å². The molecule has 0 heterocycles. The van der Waals surface area contributed by atoms with Gasteiger partial charge in [-0.25, -0.2) is 0 Å². The highest BCUT2D eigenvalue weighted by atomic mass is 16.4. The Hall–Kier alpha value is -3.18. The van der Waals surface area contributed by atoms with Crippen LogP contribution in [0.4, 0.5) is 0 Å². The molecule has 0 rings (SSSR count). The molecule has 0 bridgehead atoms. The maximum atomic E-state index is 11.1. The van der Waals surface area contributed by atoms with Crippen molar-refractivity contribution in [2.75, 3.05) is 0 Å². The number of aliphatic carboxylic acids is 6. The summed E-state index contributed by atoms with van der Waals surface area (Å²) in [4.78, 5) is 65.7. The largest absolute Gasteiger partial charge is 0.481 e. The first-order chi connectivity index (χ1) is 9.42. The Morgan fingerprint density at radius 2 is 0.714 bits per heavy atom. The molecule has 21 heavy (non-hydrogen) atoms. The molecule has 0 amide bonds. The zero-order chi connectivity index (χ0) is 17.1. The second kappa shape index (κ2) is 5.85. The average molecular weight is 308 g/mol. The fourth-order valence-corrected chi connectivity index (χ4v) is 1.74. The van der Waals surface area contributed by atoms with Crippen LogP contribution in [-0.2, 0) is 28.8 Å². The molecule has 0 radical (unpaired) electrons. The molecule has 0 aromatic rings. The van der Waals surface area contributed by atoms with Gasteiger partial charge in [0.2, 0.25) is 5.41 Å². The number of carboxylic acid groups (broad SMARTS) is 6. The van der Waals surface area contributed by atoms with E-state index in [4.69, 9.17) is 30.6 Å². The van der Waals surface area contributed by atoms with Crippen molar-refractivity contribution >= 4 is 35.8 Å². The minimum Gasteiger partial charge on any atom is -0.481 e. The summed E-state index contributed by atoms with van der Waals surface area (Å²) in [7, 11) is 0. The summed E-state index contributed by atoms with van der Waals surface area (Å²) in [5.74, 6) is -22.2. The molecule has 0 saturated carbocycles. The number of carbonyl (C=O) groups is 6. The van der Waals surface area contributed by atoms with Crippen LogP contribution in [0.5, 0.6) is 0 Å². The third-order valence-corrected chi connectivity index (χ3v) is 2.61. The molecule has 0 aliphatic heterocycles. The summed E-state index contributed by atoms with van der Waals surface area (Å²) in [5, 5.41) is 52.6. The summed E-state index contributed by atoms with van der Waals surface area (Å²) < 4.78 is 0. The number of rotatable bonds is 8. The quantitative estimate of drug-likeness (QED) is 0.260. The molecular formula is C9H8O12. The molecule has 0 fully saturated rings. The Balaban J connectivity index is 6.77. The summed E-state index contributed by atoms with van der Waals surface area (Å²) in [6, 6.07) is 0. The van der Waals surface area contributed by atoms with Gasteiger partial charge in [0, 0.05) is 0 Å². The normalized spacial score (nSPS) is 11.1. The Bertz CT molecular complexity index is 455. The zero-order valence-corrected chi connectivity index (χ0v) is 9.79. The molecule has 12 nitrogen and oxygen atoms in total. The minimum absolute atomic E-state index is 2.51. The fourth-order valence-electron chi connectivity index (χ4n) is 1.74. The maximum Gasteiger partial charge on any atom is 0.324 e. The lowest BCUT2D eigenvalue weighted by molar-refractivity contribution is -0.194. The molecule has 0 aromatic carbocycles. The molecule has 0 aromatic heterocycles. The summed E-state index contributed by atoms with van der Waals surface area (Å²) in [6.07, 6.45) is 0. The number of hydrogen-bond acceptors (Lipinski definition) is 6. The summed E-state index contributed by atoms with van der Waals surface area (Å²) in [6.45, 7) is 0. The predicted molar refractivity (Wildman–Crippen MR) is 55.2 cm³/mol. The van der Waals surface area contributed by atoms with Crippen molar-refractivity contribution in [3.05, 3.63) is 0 Å². The highest BCUT2D eigenvalue weighted by Crippen LogP contribution is 2.38. The van der Waals surface area contributed by atoms with Crippen LogP contribution in [-0.4, -0.2) is 66.5 Å². The van der Waals surface area contributed by atoms with Crippen LogP contribution in [0, 0.1) is 17.3 Å². The van der Waals surface area contributed by atoms with Crippen molar-refractivity contribution in [1.29, 1.82) is 0 Å². The second-order valence-corrected chi connectivity index (χ2v) is 3.70. The van der Waals surface area contributed by atoms with Gasteiger partial charge in [-0.15, -0.1) is 0 Å². The van der Waals surface area contributed by atoms with Crippen molar-refractivity contribution in [2.24, 2.45) is 17.3 Å². The molecule has 0 aliphatic rings. The van der Waals surface area contributed by atoms with E-state index in [1.165, 1.54) is 0 Å². The van der Waals surface area contributed by atoms with E-state index in [-0.39, 0.29) is 0 Å². The molecule has 0 atom stereocenters. The van der Waals surface area contributed by atoms with E-state index in [0.717, 1.165) is 0 Å². The standard InChI is InChI=1S/C9H8O12/c10-3(11)1(4(12)13)9(7(18)19,8(20)21)2(5(14)15)6(16)17/h1-2H,(H,10,11)(H,12,13)(H,14,15)(H,16,17)(H,18,19)(H,20,21). The van der Waals surface area contributed by atoms with Crippen molar-refractivity contribution < 1.29 is 59.4 Å². The fraction of sp³-hybridized carbons (Fsp3) is 0.333. The van der Waals surface area contributed by atoms with Crippen LogP contribution in [0.25, 0.3) is 0 Å². The van der Waals surface area contributed by atoms with Crippen LogP contribution in [0.15, 0.2) is 0 Å². The van der Waals surface area contributed by atoms with Gasteiger partial charge in [-0.1, -0.05) is 0 Å². The summed E-state index contributed by atoms with van der Waals surface area (Å²) >= 11 is 0. The topological polar surface area (TPSA) is 224 Å². The van der Waals surface area contributed by atoms with Gasteiger partial charge in [-0.3, -0.25) is 28.8 Å². The van der Waals surface area contributed by atoms with E-state index in [9.17, 15) is 28.8 Å². The Morgan fingerprint density at radius 1 is 0.524 bits per heavy atom. The van der Waals surface area contributed by atoms with E-state index < -0.39 is 53.1 Å². The maximum absolute atomic E-state index is 11.1. The van der Waals surface area contributed by atoms with E-state index >= 15 is 0 Å². The van der Waals surface area contributed by atoms with Gasteiger partial charge in [0.15, 0.2) is 11.8 Å². The molecule has 6 N–H and O–H groups in total. The van der Waals surface area contributed by atoms with E-state index in [1.54, 1.807) is 0 Å². The van der Waals surface area contributed by atoms with Gasteiger partial charge in [0.25, 0.3) is 0 Å². The van der Waals surface area contributed by atoms with Crippen LogP contribution in [0.3, 0.4) is 0 Å². The molecule has 12 heteroatoms. The molecule has 0 spiro atoms. The Kier molecular flexibility index (Phi) is 4.97. The van der Waals surface area contributed by atoms with Crippen LogP contribution < -0.4 is 0 Å². The third kappa shape index (κ3) is 2.72. The van der Waals surface area contributed by atoms with Crippen molar-refractivity contribution in [3.63, 3.8) is 0 Å². The Labute approximate surface area is 113 Å². The number of hydrogen-bond donors (Lipinski definition) is 6.